The predicted octanol–water partition coefficient (Wildman–Crippen LogP) is 3.64. The quantitative estimate of drug-likeness (QED) is 0.706. The summed E-state index contributed by atoms with van der Waals surface area (Å²) in [5, 5.41) is 1.07. The Kier molecular flexibility index (Phi) is 4.71. The maximum atomic E-state index is 11.9. The van der Waals surface area contributed by atoms with Crippen LogP contribution in [0.3, 0.4) is 0 Å². The van der Waals surface area contributed by atoms with Crippen LogP contribution in [-0.4, -0.2) is 53.7 Å². The molecule has 3 heterocycles. The van der Waals surface area contributed by atoms with Gasteiger partial charge in [0, 0.05) is 31.1 Å². The van der Waals surface area contributed by atoms with Crippen LogP contribution in [0, 0.1) is 0 Å². The van der Waals surface area contributed by atoms with Crippen molar-refractivity contribution in [1.82, 2.24) is 14.9 Å². The van der Waals surface area contributed by atoms with Gasteiger partial charge in [-0.25, -0.2) is 14.8 Å². The van der Waals surface area contributed by atoms with E-state index in [0.717, 1.165) is 29.1 Å². The summed E-state index contributed by atoms with van der Waals surface area (Å²) < 4.78 is 5.09. The molecule has 6 nitrogen and oxygen atoms in total. The molecule has 1 saturated heterocycles. The number of hydrogen-bond acceptors (Lipinski definition) is 6. The van der Waals surface area contributed by atoms with Gasteiger partial charge >= 0.3 is 6.09 Å². The van der Waals surface area contributed by atoms with E-state index in [0.29, 0.717) is 19.7 Å². The third-order valence-corrected chi connectivity index (χ3v) is 5.56. The fourth-order valence-electron chi connectivity index (χ4n) is 3.16. The van der Waals surface area contributed by atoms with Crippen molar-refractivity contribution in [1.29, 1.82) is 0 Å². The van der Waals surface area contributed by atoms with E-state index in [1.165, 1.54) is 10.4 Å². The molecule has 26 heavy (non-hydrogen) atoms. The minimum absolute atomic E-state index is 0.234. The number of thiophene rings is 1. The number of rotatable bonds is 3. The van der Waals surface area contributed by atoms with Crippen molar-refractivity contribution >= 4 is 33.5 Å². The van der Waals surface area contributed by atoms with Gasteiger partial charge in [0.2, 0.25) is 0 Å². The minimum Gasteiger partial charge on any atom is -0.450 e. The lowest BCUT2D eigenvalue weighted by atomic mass is 10.2. The Balaban J connectivity index is 1.58. The molecule has 1 aromatic carbocycles. The van der Waals surface area contributed by atoms with Crippen molar-refractivity contribution in [3.05, 3.63) is 42.7 Å². The van der Waals surface area contributed by atoms with E-state index in [9.17, 15) is 4.79 Å². The molecule has 7 heteroatoms. The molecular formula is C19H20N4O2S. The zero-order valence-corrected chi connectivity index (χ0v) is 15.4. The summed E-state index contributed by atoms with van der Waals surface area (Å²) in [7, 11) is 0. The van der Waals surface area contributed by atoms with Gasteiger partial charge in [0.15, 0.2) is 0 Å². The van der Waals surface area contributed by atoms with Gasteiger partial charge in [0.25, 0.3) is 0 Å². The molecule has 0 radical (unpaired) electrons. The number of carbonyl (C=O) groups excluding carboxylic acids is 1. The van der Waals surface area contributed by atoms with E-state index < -0.39 is 0 Å². The van der Waals surface area contributed by atoms with E-state index in [4.69, 9.17) is 4.74 Å². The number of amides is 1. The molecule has 0 saturated carbocycles. The number of carbonyl (C=O) groups is 1. The summed E-state index contributed by atoms with van der Waals surface area (Å²) in [6.45, 7) is 4.98. The van der Waals surface area contributed by atoms with Crippen molar-refractivity contribution in [3.63, 3.8) is 0 Å². The molecule has 1 amide bonds. The van der Waals surface area contributed by atoms with Crippen LogP contribution in [0.1, 0.15) is 6.92 Å². The van der Waals surface area contributed by atoms with Gasteiger partial charge in [-0.3, -0.25) is 0 Å². The van der Waals surface area contributed by atoms with Crippen LogP contribution in [0.25, 0.3) is 20.7 Å². The summed E-state index contributed by atoms with van der Waals surface area (Å²) in [5.41, 5.74) is 1.19. The average Bonchev–Trinajstić information content (AvgIpc) is 3.13. The van der Waals surface area contributed by atoms with Gasteiger partial charge in [-0.1, -0.05) is 30.3 Å². The molecule has 2 aromatic heterocycles. The number of hydrogen-bond donors (Lipinski definition) is 0. The molecule has 1 aliphatic heterocycles. The van der Waals surface area contributed by atoms with Crippen LogP contribution in [0.2, 0.25) is 0 Å². The summed E-state index contributed by atoms with van der Waals surface area (Å²) in [5.74, 6) is 0.942. The molecule has 1 aliphatic rings. The van der Waals surface area contributed by atoms with Crippen molar-refractivity contribution in [2.24, 2.45) is 0 Å². The topological polar surface area (TPSA) is 58.6 Å². The number of nitrogens with zero attached hydrogens (tertiary/aromatic N) is 4. The van der Waals surface area contributed by atoms with E-state index in [-0.39, 0.29) is 6.09 Å². The zero-order chi connectivity index (χ0) is 17.9. The lowest BCUT2D eigenvalue weighted by Gasteiger charge is -2.34. The van der Waals surface area contributed by atoms with Gasteiger partial charge < -0.3 is 14.5 Å². The maximum absolute atomic E-state index is 11.9. The molecule has 0 aliphatic carbocycles. The molecule has 3 aromatic rings. The van der Waals surface area contributed by atoms with Gasteiger partial charge in [0.05, 0.1) is 12.0 Å². The predicted molar refractivity (Wildman–Crippen MR) is 104 cm³/mol. The highest BCUT2D eigenvalue weighted by atomic mass is 32.1. The SMILES string of the molecule is CCOC(=O)N1CCN(c2ncnc3sc(-c4ccccc4)cc23)CC1. The summed E-state index contributed by atoms with van der Waals surface area (Å²) in [4.78, 5) is 27.0. The number of anilines is 1. The molecule has 0 spiro atoms. The molecule has 0 N–H and O–H groups in total. The van der Waals surface area contributed by atoms with Gasteiger partial charge in [-0.2, -0.15) is 0 Å². The number of benzene rings is 1. The van der Waals surface area contributed by atoms with Crippen LogP contribution in [0.4, 0.5) is 10.6 Å². The summed E-state index contributed by atoms with van der Waals surface area (Å²) in [6, 6.07) is 12.5. The highest BCUT2D eigenvalue weighted by Crippen LogP contribution is 2.36. The number of piperazine rings is 1. The van der Waals surface area contributed by atoms with Crippen LogP contribution < -0.4 is 4.90 Å². The van der Waals surface area contributed by atoms with Crippen LogP contribution in [0.15, 0.2) is 42.7 Å². The van der Waals surface area contributed by atoms with Gasteiger partial charge in [-0.05, 0) is 18.6 Å². The van der Waals surface area contributed by atoms with Gasteiger partial charge in [0.1, 0.15) is 17.0 Å². The number of fused-ring (bicyclic) bond motifs is 1. The van der Waals surface area contributed by atoms with Gasteiger partial charge in [-0.15, -0.1) is 11.3 Å². The Morgan fingerprint density at radius 1 is 1.15 bits per heavy atom. The van der Waals surface area contributed by atoms with Crippen LogP contribution in [0.5, 0.6) is 0 Å². The third kappa shape index (κ3) is 3.22. The molecule has 0 atom stereocenters. The second-order valence-electron chi connectivity index (χ2n) is 6.07. The standard InChI is InChI=1S/C19H20N4O2S/c1-2-25-19(24)23-10-8-22(9-11-23)17-15-12-16(14-6-4-3-5-7-14)26-18(15)21-13-20-17/h3-7,12-13H,2,8-11H2,1H3. The highest BCUT2D eigenvalue weighted by Gasteiger charge is 2.24. The summed E-state index contributed by atoms with van der Waals surface area (Å²) >= 11 is 1.68. The Morgan fingerprint density at radius 2 is 1.92 bits per heavy atom. The molecule has 0 bridgehead atoms. The monoisotopic (exact) mass is 368 g/mol. The molecular weight excluding hydrogens is 348 g/mol. The second kappa shape index (κ2) is 7.29. The first-order valence-corrected chi connectivity index (χ1v) is 9.54. The molecule has 0 unspecified atom stereocenters. The van der Waals surface area contributed by atoms with Crippen LogP contribution >= 0.6 is 11.3 Å². The van der Waals surface area contributed by atoms with Crippen molar-refractivity contribution in [2.45, 2.75) is 6.92 Å². The first-order chi connectivity index (χ1) is 12.8. The molecule has 4 rings (SSSR count). The normalized spacial score (nSPS) is 14.7. The van der Waals surface area contributed by atoms with E-state index >= 15 is 0 Å². The molecule has 1 fully saturated rings. The molecule has 134 valence electrons. The zero-order valence-electron chi connectivity index (χ0n) is 14.6. The largest absolute Gasteiger partial charge is 0.450 e. The average molecular weight is 368 g/mol. The second-order valence-corrected chi connectivity index (χ2v) is 7.10. The Bertz CT molecular complexity index is 904. The first-order valence-electron chi connectivity index (χ1n) is 8.73. The fraction of sp³-hybridized carbons (Fsp3) is 0.316. The van der Waals surface area contributed by atoms with E-state index in [1.54, 1.807) is 22.6 Å². The number of aromatic nitrogens is 2. The lowest BCUT2D eigenvalue weighted by Crippen LogP contribution is -2.49. The highest BCUT2D eigenvalue weighted by molar-refractivity contribution is 7.21. The first kappa shape index (κ1) is 16.8. The third-order valence-electron chi connectivity index (χ3n) is 4.47. The Hall–Kier alpha value is -2.67. The van der Waals surface area contributed by atoms with Crippen LogP contribution in [-0.2, 0) is 4.74 Å². The smallest absolute Gasteiger partial charge is 0.409 e. The van der Waals surface area contributed by atoms with E-state index in [1.807, 2.05) is 25.1 Å². The summed E-state index contributed by atoms with van der Waals surface area (Å²) in [6.07, 6.45) is 1.39. The lowest BCUT2D eigenvalue weighted by molar-refractivity contribution is 0.105. The fourth-order valence-corrected chi connectivity index (χ4v) is 4.15. The Morgan fingerprint density at radius 3 is 2.65 bits per heavy atom. The maximum Gasteiger partial charge on any atom is 0.409 e. The number of ether oxygens (including phenoxy) is 1. The van der Waals surface area contributed by atoms with E-state index in [2.05, 4.69) is 33.1 Å². The minimum atomic E-state index is -0.234. The van der Waals surface area contributed by atoms with Crippen molar-refractivity contribution in [2.75, 3.05) is 37.7 Å². The van der Waals surface area contributed by atoms with Crippen molar-refractivity contribution in [3.8, 4) is 10.4 Å². The van der Waals surface area contributed by atoms with Crippen molar-refractivity contribution < 1.29 is 9.53 Å². The Labute approximate surface area is 156 Å².